The van der Waals surface area contributed by atoms with Gasteiger partial charge >= 0.3 is 5.97 Å². The summed E-state index contributed by atoms with van der Waals surface area (Å²) < 4.78 is 5.62. The number of ketones is 1. The van der Waals surface area contributed by atoms with Crippen molar-refractivity contribution < 1.29 is 14.3 Å². The van der Waals surface area contributed by atoms with E-state index in [0.29, 0.717) is 23.0 Å². The number of rotatable bonds is 4. The van der Waals surface area contributed by atoms with Crippen LogP contribution in [0, 0.1) is 40.4 Å². The molecule has 0 radical (unpaired) electrons. The van der Waals surface area contributed by atoms with Crippen LogP contribution in [-0.4, -0.2) is 17.9 Å². The lowest BCUT2D eigenvalue weighted by atomic mass is 9.44. The maximum absolute atomic E-state index is 13.3. The molecule has 0 spiro atoms. The molecule has 5 rings (SSSR count). The van der Waals surface area contributed by atoms with Gasteiger partial charge in [-0.2, -0.15) is 0 Å². The largest absolute Gasteiger partial charge is 0.463 e. The number of allylic oxidation sites excluding steroid dienone is 1. The van der Waals surface area contributed by atoms with Crippen molar-refractivity contribution in [3.8, 4) is 0 Å². The van der Waals surface area contributed by atoms with Gasteiger partial charge in [-0.05, 0) is 104 Å². The van der Waals surface area contributed by atoms with Gasteiger partial charge in [-0.25, -0.2) is 0 Å². The molecule has 3 heteroatoms. The molecule has 0 aromatic heterocycles. The van der Waals surface area contributed by atoms with Crippen molar-refractivity contribution in [2.45, 2.75) is 84.7 Å². The van der Waals surface area contributed by atoms with Crippen molar-refractivity contribution in [3.05, 3.63) is 42.0 Å². The van der Waals surface area contributed by atoms with Gasteiger partial charge < -0.3 is 4.74 Å². The molecule has 3 nitrogen and oxygen atoms in total. The molecule has 4 saturated carbocycles. The van der Waals surface area contributed by atoms with Gasteiger partial charge in [-0.15, -0.1) is 0 Å². The van der Waals surface area contributed by atoms with Crippen LogP contribution in [0.15, 0.2) is 36.4 Å². The minimum Gasteiger partial charge on any atom is -0.463 e. The molecule has 0 bridgehead atoms. The first kappa shape index (κ1) is 22.9. The van der Waals surface area contributed by atoms with Crippen molar-refractivity contribution in [1.82, 2.24) is 0 Å². The number of esters is 1. The second kappa shape index (κ2) is 8.71. The van der Waals surface area contributed by atoms with Crippen LogP contribution in [0.25, 0.3) is 6.08 Å². The molecule has 1 aromatic carbocycles. The van der Waals surface area contributed by atoms with Crippen LogP contribution in [0.3, 0.4) is 0 Å². The van der Waals surface area contributed by atoms with Gasteiger partial charge in [0.1, 0.15) is 6.10 Å². The summed E-state index contributed by atoms with van der Waals surface area (Å²) in [6.07, 6.45) is 14.5. The third kappa shape index (κ3) is 4.00. The van der Waals surface area contributed by atoms with Gasteiger partial charge in [0.15, 0.2) is 5.78 Å². The molecule has 0 saturated heterocycles. The third-order valence-corrected chi connectivity index (χ3v) is 10.5. The Morgan fingerprint density at radius 3 is 2.39 bits per heavy atom. The summed E-state index contributed by atoms with van der Waals surface area (Å²) >= 11 is 0. The molecule has 33 heavy (non-hydrogen) atoms. The highest BCUT2D eigenvalue weighted by atomic mass is 16.5. The van der Waals surface area contributed by atoms with Crippen LogP contribution in [0.2, 0.25) is 0 Å². The molecule has 0 amide bonds. The zero-order chi connectivity index (χ0) is 23.2. The summed E-state index contributed by atoms with van der Waals surface area (Å²) in [7, 11) is 0. The first-order valence-corrected chi connectivity index (χ1v) is 13.3. The summed E-state index contributed by atoms with van der Waals surface area (Å²) in [6, 6.07) is 10.2. The highest BCUT2D eigenvalue weighted by Crippen LogP contribution is 2.67. The van der Waals surface area contributed by atoms with E-state index in [1.165, 1.54) is 38.5 Å². The SMILES string of the molecule is CC(=O)O[C@H]1CC[C@@]2(C)[C@H](CC[C@@H]3[C@@H]2CC[C@]2(C)[C@@H](C(=O)/C=C/c4ccccc4)CC[C@@H]32)C1. The Balaban J connectivity index is 1.30. The average molecular weight is 449 g/mol. The highest BCUT2D eigenvalue weighted by molar-refractivity contribution is 5.96. The molecule has 0 N–H and O–H groups in total. The second-order valence-corrected chi connectivity index (χ2v) is 12.0. The quantitative estimate of drug-likeness (QED) is 0.373. The number of carbonyl (C=O) groups excluding carboxylic acids is 2. The lowest BCUT2D eigenvalue weighted by Gasteiger charge is -2.61. The molecular weight excluding hydrogens is 408 g/mol. The fraction of sp³-hybridized carbons (Fsp3) is 0.667. The smallest absolute Gasteiger partial charge is 0.302 e. The predicted molar refractivity (Wildman–Crippen MR) is 131 cm³/mol. The van der Waals surface area contributed by atoms with Gasteiger partial charge in [-0.3, -0.25) is 9.59 Å². The summed E-state index contributed by atoms with van der Waals surface area (Å²) in [5.74, 6) is 3.26. The van der Waals surface area contributed by atoms with E-state index in [0.717, 1.165) is 36.7 Å². The normalized spacial score (nSPS) is 42.3. The highest BCUT2D eigenvalue weighted by Gasteiger charge is 2.61. The standard InChI is InChI=1S/C30H40O3/c1-20(31)33-23-15-17-29(2)22(19-23)10-11-24-25-12-13-27(30(25,3)18-16-26(24)29)28(32)14-9-21-7-5-4-6-8-21/h4-9,14,22-27H,10-13,15-19H2,1-3H3/b14-9+/t22-,23+,24+,25+,26+,27-,29+,30+/m1/s1. The summed E-state index contributed by atoms with van der Waals surface area (Å²) in [6.45, 7) is 6.52. The number of hydrogen-bond acceptors (Lipinski definition) is 3. The van der Waals surface area contributed by atoms with Gasteiger partial charge in [0.25, 0.3) is 0 Å². The number of carbonyl (C=O) groups is 2. The van der Waals surface area contributed by atoms with Crippen molar-refractivity contribution in [2.75, 3.05) is 0 Å². The molecule has 4 aliphatic carbocycles. The van der Waals surface area contributed by atoms with Gasteiger partial charge in [0.05, 0.1) is 0 Å². The fourth-order valence-corrected chi connectivity index (χ4v) is 8.89. The Morgan fingerprint density at radius 1 is 0.909 bits per heavy atom. The van der Waals surface area contributed by atoms with E-state index >= 15 is 0 Å². The van der Waals surface area contributed by atoms with Crippen LogP contribution in [0.4, 0.5) is 0 Å². The Kier molecular flexibility index (Phi) is 6.04. The van der Waals surface area contributed by atoms with Crippen molar-refractivity contribution >= 4 is 17.8 Å². The first-order valence-electron chi connectivity index (χ1n) is 13.3. The monoisotopic (exact) mass is 448 g/mol. The molecule has 178 valence electrons. The zero-order valence-corrected chi connectivity index (χ0v) is 20.6. The van der Waals surface area contributed by atoms with Crippen molar-refractivity contribution in [3.63, 3.8) is 0 Å². The van der Waals surface area contributed by atoms with E-state index in [-0.39, 0.29) is 23.4 Å². The lowest BCUT2D eigenvalue weighted by molar-refractivity contribution is -0.160. The van der Waals surface area contributed by atoms with Crippen LogP contribution in [-0.2, 0) is 14.3 Å². The number of benzene rings is 1. The van der Waals surface area contributed by atoms with Crippen LogP contribution in [0.5, 0.6) is 0 Å². The summed E-state index contributed by atoms with van der Waals surface area (Å²) in [5, 5.41) is 0. The van der Waals surface area contributed by atoms with E-state index in [1.807, 2.05) is 30.4 Å². The topological polar surface area (TPSA) is 43.4 Å². The Morgan fingerprint density at radius 2 is 1.64 bits per heavy atom. The van der Waals surface area contributed by atoms with Crippen LogP contribution in [0.1, 0.15) is 84.1 Å². The molecule has 4 fully saturated rings. The number of fused-ring (bicyclic) bond motifs is 5. The van der Waals surface area contributed by atoms with E-state index < -0.39 is 0 Å². The predicted octanol–water partition coefficient (Wildman–Crippen LogP) is 6.86. The maximum atomic E-state index is 13.3. The van der Waals surface area contributed by atoms with Crippen LogP contribution >= 0.6 is 0 Å². The van der Waals surface area contributed by atoms with E-state index in [2.05, 4.69) is 26.0 Å². The van der Waals surface area contributed by atoms with E-state index in [4.69, 9.17) is 4.74 Å². The number of ether oxygens (including phenoxy) is 1. The Bertz CT molecular complexity index is 920. The average Bonchev–Trinajstić information content (AvgIpc) is 3.15. The Hall–Kier alpha value is -1.90. The van der Waals surface area contributed by atoms with E-state index in [9.17, 15) is 9.59 Å². The van der Waals surface area contributed by atoms with Crippen molar-refractivity contribution in [2.24, 2.45) is 40.4 Å². The zero-order valence-electron chi connectivity index (χ0n) is 20.6. The van der Waals surface area contributed by atoms with Crippen LogP contribution < -0.4 is 0 Å². The van der Waals surface area contributed by atoms with Gasteiger partial charge in [0, 0.05) is 12.8 Å². The molecular formula is C30H40O3. The third-order valence-electron chi connectivity index (χ3n) is 10.5. The number of hydrogen-bond donors (Lipinski definition) is 0. The fourth-order valence-electron chi connectivity index (χ4n) is 8.89. The lowest BCUT2D eigenvalue weighted by Crippen LogP contribution is -2.54. The summed E-state index contributed by atoms with van der Waals surface area (Å²) in [4.78, 5) is 24.8. The second-order valence-electron chi connectivity index (χ2n) is 12.0. The minimum absolute atomic E-state index is 0.121. The van der Waals surface area contributed by atoms with Crippen molar-refractivity contribution in [1.29, 1.82) is 0 Å². The molecule has 4 aliphatic rings. The summed E-state index contributed by atoms with van der Waals surface area (Å²) in [5.41, 5.74) is 1.62. The maximum Gasteiger partial charge on any atom is 0.302 e. The van der Waals surface area contributed by atoms with Gasteiger partial charge in [-0.1, -0.05) is 50.3 Å². The van der Waals surface area contributed by atoms with Gasteiger partial charge in [0.2, 0.25) is 0 Å². The molecule has 0 aliphatic heterocycles. The Labute approximate surface area is 199 Å². The minimum atomic E-state index is -0.131. The molecule has 8 atom stereocenters. The van der Waals surface area contributed by atoms with E-state index in [1.54, 1.807) is 6.92 Å². The molecule has 0 heterocycles. The molecule has 1 aromatic rings. The molecule has 0 unspecified atom stereocenters. The first-order chi connectivity index (χ1) is 15.8.